The fraction of sp³-hybridized carbons (Fsp3) is 0.111. The molecule has 0 unspecified atom stereocenters. The van der Waals surface area contributed by atoms with E-state index in [1.165, 1.54) is 0 Å². The van der Waals surface area contributed by atoms with Crippen LogP contribution >= 0.6 is 12.0 Å². The normalized spacial score (nSPS) is 11.8. The molecule has 27 heavy (non-hydrogen) atoms. The molecule has 0 bridgehead atoms. The minimum absolute atomic E-state index is 0.0701. The van der Waals surface area contributed by atoms with Crippen LogP contribution in [-0.2, 0) is 9.37 Å². The first kappa shape index (κ1) is 18.9. The molecular weight excluding hydrogens is 368 g/mol. The van der Waals surface area contributed by atoms with Crippen LogP contribution in [0.3, 0.4) is 0 Å². The van der Waals surface area contributed by atoms with Gasteiger partial charge in [0.05, 0.1) is 28.3 Å². The summed E-state index contributed by atoms with van der Waals surface area (Å²) < 4.78 is 4.55. The van der Waals surface area contributed by atoms with Crippen molar-refractivity contribution in [2.75, 3.05) is 7.05 Å². The molecule has 3 rings (SSSR count). The second-order valence-corrected chi connectivity index (χ2v) is 6.18. The van der Waals surface area contributed by atoms with E-state index in [1.807, 2.05) is 25.1 Å². The zero-order valence-corrected chi connectivity index (χ0v) is 15.3. The lowest BCUT2D eigenvalue weighted by molar-refractivity contribution is -0.432. The van der Waals surface area contributed by atoms with Crippen molar-refractivity contribution in [3.8, 4) is 5.75 Å². The van der Waals surface area contributed by atoms with E-state index in [4.69, 9.17) is 5.26 Å². The molecular formula is C18H16N4O4S. The Morgan fingerprint density at radius 3 is 2.44 bits per heavy atom. The summed E-state index contributed by atoms with van der Waals surface area (Å²) in [6.07, 6.45) is 0. The smallest absolute Gasteiger partial charge is 0.152 e. The molecule has 0 aromatic heterocycles. The molecule has 0 fully saturated rings. The van der Waals surface area contributed by atoms with Crippen LogP contribution in [0.5, 0.6) is 5.75 Å². The zero-order valence-electron chi connectivity index (χ0n) is 14.5. The van der Waals surface area contributed by atoms with Crippen LogP contribution in [0.4, 0.5) is 17.1 Å². The minimum Gasteiger partial charge on any atom is -0.505 e. The first-order chi connectivity index (χ1) is 13.2. The second-order valence-electron chi connectivity index (χ2n) is 5.44. The summed E-state index contributed by atoms with van der Waals surface area (Å²) >= 11 is 0.699. The molecule has 0 aliphatic carbocycles. The highest BCUT2D eigenvalue weighted by Crippen LogP contribution is 2.45. The monoisotopic (exact) mass is 384 g/mol. The number of hydrogen-bond acceptors (Lipinski definition) is 9. The molecule has 0 radical (unpaired) electrons. The molecule has 0 heterocycles. The third-order valence-electron chi connectivity index (χ3n) is 3.86. The summed E-state index contributed by atoms with van der Waals surface area (Å²) in [5.74, 6) is -0.0701. The van der Waals surface area contributed by atoms with Crippen LogP contribution in [0.2, 0.25) is 0 Å². The van der Waals surface area contributed by atoms with Crippen LogP contribution in [0.1, 0.15) is 5.56 Å². The molecule has 0 aliphatic heterocycles. The Bertz CT molecular complexity index is 1010. The van der Waals surface area contributed by atoms with Gasteiger partial charge in [0.1, 0.15) is 5.69 Å². The molecule has 8 nitrogen and oxygen atoms in total. The molecule has 0 atom stereocenters. The van der Waals surface area contributed by atoms with Crippen LogP contribution in [0.25, 0.3) is 10.8 Å². The molecule has 0 aliphatic rings. The molecule has 0 saturated heterocycles. The topological polar surface area (TPSA) is 108 Å². The van der Waals surface area contributed by atoms with Gasteiger partial charge in [0.2, 0.25) is 0 Å². The quantitative estimate of drug-likeness (QED) is 0.221. The first-order valence-electron chi connectivity index (χ1n) is 7.86. The molecule has 0 amide bonds. The Morgan fingerprint density at radius 1 is 0.963 bits per heavy atom. The van der Waals surface area contributed by atoms with Crippen LogP contribution in [-0.4, -0.2) is 17.4 Å². The van der Waals surface area contributed by atoms with E-state index in [0.29, 0.717) is 33.7 Å². The third kappa shape index (κ3) is 4.12. The highest BCUT2D eigenvalue weighted by Gasteiger charge is 2.17. The maximum absolute atomic E-state index is 10.8. The second kappa shape index (κ2) is 8.69. The maximum atomic E-state index is 10.8. The van der Waals surface area contributed by atoms with E-state index in [2.05, 4.69) is 29.8 Å². The van der Waals surface area contributed by atoms with Gasteiger partial charge in [-0.2, -0.15) is 15.3 Å². The fourth-order valence-corrected chi connectivity index (χ4v) is 3.07. The van der Waals surface area contributed by atoms with Crippen LogP contribution < -0.4 is 0 Å². The van der Waals surface area contributed by atoms with Crippen molar-refractivity contribution < 1.29 is 19.7 Å². The summed E-state index contributed by atoms with van der Waals surface area (Å²) in [4.78, 5) is 0.405. The van der Waals surface area contributed by atoms with E-state index < -0.39 is 0 Å². The van der Waals surface area contributed by atoms with E-state index in [0.717, 1.165) is 10.9 Å². The van der Waals surface area contributed by atoms with Crippen molar-refractivity contribution in [1.29, 1.82) is 0 Å². The summed E-state index contributed by atoms with van der Waals surface area (Å²) in [6.45, 7) is 1.87. The number of aryl methyl sites for hydroxylation is 1. The molecule has 0 spiro atoms. The Morgan fingerprint density at radius 2 is 1.74 bits per heavy atom. The van der Waals surface area contributed by atoms with Crippen molar-refractivity contribution >= 4 is 39.9 Å². The fourth-order valence-electron chi connectivity index (χ4n) is 2.58. The van der Waals surface area contributed by atoms with E-state index >= 15 is 0 Å². The minimum atomic E-state index is -0.0701. The van der Waals surface area contributed by atoms with Crippen LogP contribution in [0.15, 0.2) is 73.9 Å². The SMILES string of the molecule is CN=Nc1ccc2c(O)c(N=Nc3ccccc3)c(SOOO)cc2c1C. The lowest BCUT2D eigenvalue weighted by atomic mass is 10.0. The standard InChI is InChI=1S/C18H16N4O4S/c1-11-14-10-16(27-26-25-24)17(22-20-12-6-4-3-5-7-12)18(23)13(14)8-9-15(11)21-19-2/h3-10,23-24H,1-2H3. The maximum Gasteiger partial charge on any atom is 0.152 e. The molecule has 3 aromatic rings. The lowest BCUT2D eigenvalue weighted by Crippen LogP contribution is -1.86. The van der Waals surface area contributed by atoms with Crippen molar-refractivity contribution in [3.63, 3.8) is 0 Å². The van der Waals surface area contributed by atoms with Gasteiger partial charge < -0.3 is 5.11 Å². The Kier molecular flexibility index (Phi) is 6.09. The van der Waals surface area contributed by atoms with Gasteiger partial charge in [-0.15, -0.1) is 9.45 Å². The van der Waals surface area contributed by atoms with Crippen molar-refractivity contribution in [2.45, 2.75) is 11.8 Å². The molecule has 138 valence electrons. The summed E-state index contributed by atoms with van der Waals surface area (Å²) in [5.41, 5.74) is 2.32. The van der Waals surface area contributed by atoms with Gasteiger partial charge >= 0.3 is 0 Å². The van der Waals surface area contributed by atoms with Gasteiger partial charge in [-0.3, -0.25) is 0 Å². The predicted octanol–water partition coefficient (Wildman–Crippen LogP) is 6.41. The van der Waals surface area contributed by atoms with E-state index in [9.17, 15) is 5.11 Å². The Balaban J connectivity index is 2.17. The highest BCUT2D eigenvalue weighted by atomic mass is 32.2. The average molecular weight is 384 g/mol. The van der Waals surface area contributed by atoms with Gasteiger partial charge in [0.25, 0.3) is 0 Å². The number of phenolic OH excluding ortho intramolecular Hbond substituents is 1. The summed E-state index contributed by atoms with van der Waals surface area (Å²) in [6, 6.07) is 14.4. The molecule has 2 N–H and O–H groups in total. The summed E-state index contributed by atoms with van der Waals surface area (Å²) in [7, 11) is 1.59. The number of hydrogen-bond donors (Lipinski definition) is 2. The highest BCUT2D eigenvalue weighted by molar-refractivity contribution is 7.94. The van der Waals surface area contributed by atoms with Gasteiger partial charge in [-0.25, -0.2) is 5.26 Å². The van der Waals surface area contributed by atoms with Gasteiger partial charge in [-0.1, -0.05) is 23.2 Å². The van der Waals surface area contributed by atoms with Crippen LogP contribution in [0, 0.1) is 6.92 Å². The number of fused-ring (bicyclic) bond motifs is 1. The number of rotatable bonds is 6. The average Bonchev–Trinajstić information content (AvgIpc) is 2.69. The number of nitrogens with zero attached hydrogens (tertiary/aromatic N) is 4. The Labute approximate surface area is 159 Å². The number of azo groups is 2. The predicted molar refractivity (Wildman–Crippen MR) is 102 cm³/mol. The summed E-state index contributed by atoms with van der Waals surface area (Å²) in [5, 5.41) is 40.4. The van der Waals surface area contributed by atoms with Crippen molar-refractivity contribution in [2.24, 2.45) is 20.5 Å². The molecule has 9 heteroatoms. The number of phenols is 1. The van der Waals surface area contributed by atoms with Crippen molar-refractivity contribution in [3.05, 3.63) is 54.1 Å². The number of aromatic hydroxyl groups is 1. The lowest BCUT2D eigenvalue weighted by Gasteiger charge is -2.11. The third-order valence-corrected chi connectivity index (χ3v) is 4.48. The molecule has 0 saturated carbocycles. The number of benzene rings is 3. The largest absolute Gasteiger partial charge is 0.505 e. The van der Waals surface area contributed by atoms with Gasteiger partial charge in [0, 0.05) is 12.4 Å². The van der Waals surface area contributed by atoms with E-state index in [1.54, 1.807) is 37.4 Å². The van der Waals surface area contributed by atoms with E-state index in [-0.39, 0.29) is 11.4 Å². The zero-order chi connectivity index (χ0) is 19.2. The van der Waals surface area contributed by atoms with Crippen molar-refractivity contribution in [1.82, 2.24) is 0 Å². The van der Waals surface area contributed by atoms with Gasteiger partial charge in [0.15, 0.2) is 5.75 Å². The Hall–Kier alpha value is -2.85. The molecule has 3 aromatic carbocycles. The first-order valence-corrected chi connectivity index (χ1v) is 8.60. The van der Waals surface area contributed by atoms with Gasteiger partial charge in [-0.05, 0) is 48.2 Å².